The van der Waals surface area contributed by atoms with E-state index in [2.05, 4.69) is 10.3 Å². The van der Waals surface area contributed by atoms with E-state index in [9.17, 15) is 5.11 Å². The molecule has 4 nitrogen and oxygen atoms in total. The van der Waals surface area contributed by atoms with Gasteiger partial charge in [-0.25, -0.2) is 4.98 Å². The number of halogens is 1. The largest absolute Gasteiger partial charge is 0.389 e. The van der Waals surface area contributed by atoms with Gasteiger partial charge in [-0.3, -0.25) is 0 Å². The second-order valence-electron chi connectivity index (χ2n) is 4.81. The smallest absolute Gasteiger partial charge is 0.152 e. The molecule has 0 spiro atoms. The average molecular weight is 282 g/mol. The van der Waals surface area contributed by atoms with Gasteiger partial charge >= 0.3 is 0 Å². The first kappa shape index (κ1) is 14.3. The van der Waals surface area contributed by atoms with Crippen LogP contribution in [0.4, 0.5) is 0 Å². The molecule has 2 aromatic heterocycles. The summed E-state index contributed by atoms with van der Waals surface area (Å²) in [4.78, 5) is 4.29. The first-order chi connectivity index (χ1) is 9.09. The number of rotatable bonds is 6. The third-order valence-corrected chi connectivity index (χ3v) is 3.95. The number of hydrogen-bond acceptors (Lipinski definition) is 3. The SMILES string of the molecule is CCC(O)(CC)CNCc1c(Cl)nc2ccccn12. The van der Waals surface area contributed by atoms with Gasteiger partial charge in [-0.2, -0.15) is 0 Å². The third-order valence-electron chi connectivity index (χ3n) is 3.64. The molecule has 0 atom stereocenters. The van der Waals surface area contributed by atoms with Crippen molar-refractivity contribution in [2.45, 2.75) is 38.8 Å². The lowest BCUT2D eigenvalue weighted by Crippen LogP contribution is -2.39. The molecule has 0 aliphatic heterocycles. The van der Waals surface area contributed by atoms with Crippen LogP contribution in [-0.2, 0) is 6.54 Å². The summed E-state index contributed by atoms with van der Waals surface area (Å²) in [5.74, 6) is 0. The Balaban J connectivity index is 2.08. The van der Waals surface area contributed by atoms with Crippen LogP contribution in [0, 0.1) is 0 Å². The molecule has 5 heteroatoms. The van der Waals surface area contributed by atoms with Gasteiger partial charge in [-0.15, -0.1) is 0 Å². The molecular weight excluding hydrogens is 262 g/mol. The Hall–Kier alpha value is -1.10. The van der Waals surface area contributed by atoms with Crippen molar-refractivity contribution in [3.05, 3.63) is 35.2 Å². The number of nitrogens with zero attached hydrogens (tertiary/aromatic N) is 2. The standard InChI is InChI=1S/C14H20ClN3O/c1-3-14(19,4-2)10-16-9-11-13(15)17-12-7-5-6-8-18(11)12/h5-8,16,19H,3-4,9-10H2,1-2H3. The fourth-order valence-electron chi connectivity index (χ4n) is 2.09. The van der Waals surface area contributed by atoms with Crippen molar-refractivity contribution >= 4 is 17.2 Å². The van der Waals surface area contributed by atoms with Gasteiger partial charge in [0.1, 0.15) is 5.65 Å². The lowest BCUT2D eigenvalue weighted by molar-refractivity contribution is 0.0322. The zero-order chi connectivity index (χ0) is 13.9. The van der Waals surface area contributed by atoms with E-state index in [-0.39, 0.29) is 0 Å². The van der Waals surface area contributed by atoms with Crippen LogP contribution in [0.2, 0.25) is 5.15 Å². The molecule has 0 saturated heterocycles. The minimum Gasteiger partial charge on any atom is -0.389 e. The van der Waals surface area contributed by atoms with Gasteiger partial charge in [0.2, 0.25) is 0 Å². The molecule has 0 aromatic carbocycles. The molecule has 0 unspecified atom stereocenters. The van der Waals surface area contributed by atoms with Gasteiger partial charge in [0, 0.05) is 19.3 Å². The minimum atomic E-state index is -0.646. The lowest BCUT2D eigenvalue weighted by atomic mass is 9.98. The molecule has 19 heavy (non-hydrogen) atoms. The van der Waals surface area contributed by atoms with Gasteiger partial charge in [0.05, 0.1) is 11.3 Å². The molecule has 0 saturated carbocycles. The number of aliphatic hydroxyl groups is 1. The Kier molecular flexibility index (Phi) is 4.45. The van der Waals surface area contributed by atoms with Crippen molar-refractivity contribution in [2.75, 3.05) is 6.54 Å². The van der Waals surface area contributed by atoms with Crippen LogP contribution >= 0.6 is 11.6 Å². The summed E-state index contributed by atoms with van der Waals surface area (Å²) in [7, 11) is 0. The monoisotopic (exact) mass is 281 g/mol. The summed E-state index contributed by atoms with van der Waals surface area (Å²) in [5.41, 5.74) is 1.12. The highest BCUT2D eigenvalue weighted by Crippen LogP contribution is 2.18. The Bertz CT molecular complexity index is 549. The second-order valence-corrected chi connectivity index (χ2v) is 5.17. The number of nitrogens with one attached hydrogen (secondary N) is 1. The van der Waals surface area contributed by atoms with Crippen molar-refractivity contribution in [1.29, 1.82) is 0 Å². The molecular formula is C14H20ClN3O. The van der Waals surface area contributed by atoms with Crippen LogP contribution in [0.3, 0.4) is 0 Å². The molecule has 0 bridgehead atoms. The number of aromatic nitrogens is 2. The van der Waals surface area contributed by atoms with Crippen LogP contribution in [0.1, 0.15) is 32.4 Å². The third kappa shape index (κ3) is 3.08. The van der Waals surface area contributed by atoms with E-state index in [4.69, 9.17) is 11.6 Å². The van der Waals surface area contributed by atoms with Gasteiger partial charge < -0.3 is 14.8 Å². The summed E-state index contributed by atoms with van der Waals surface area (Å²) in [5, 5.41) is 14.0. The Labute approximate surface area is 118 Å². The lowest BCUT2D eigenvalue weighted by Gasteiger charge is -2.25. The van der Waals surface area contributed by atoms with E-state index in [0.29, 0.717) is 18.2 Å². The fraction of sp³-hybridized carbons (Fsp3) is 0.500. The first-order valence-corrected chi connectivity index (χ1v) is 7.02. The van der Waals surface area contributed by atoms with Gasteiger partial charge in [-0.1, -0.05) is 31.5 Å². The van der Waals surface area contributed by atoms with Crippen LogP contribution in [-0.4, -0.2) is 26.6 Å². The highest BCUT2D eigenvalue weighted by atomic mass is 35.5. The molecule has 104 valence electrons. The molecule has 0 fully saturated rings. The molecule has 2 N–H and O–H groups in total. The molecule has 0 amide bonds. The highest BCUT2D eigenvalue weighted by molar-refractivity contribution is 6.30. The maximum atomic E-state index is 10.2. The van der Waals surface area contributed by atoms with Gasteiger partial charge in [-0.05, 0) is 25.0 Å². The second kappa shape index (κ2) is 5.90. The van der Waals surface area contributed by atoms with E-state index in [1.54, 1.807) is 0 Å². The summed E-state index contributed by atoms with van der Waals surface area (Å²) in [6.07, 6.45) is 3.41. The number of imidazole rings is 1. The van der Waals surface area contributed by atoms with Crippen LogP contribution in [0.5, 0.6) is 0 Å². The van der Waals surface area contributed by atoms with Crippen molar-refractivity contribution < 1.29 is 5.11 Å². The number of pyridine rings is 1. The van der Waals surface area contributed by atoms with E-state index in [0.717, 1.165) is 24.2 Å². The summed E-state index contributed by atoms with van der Waals surface area (Å²) in [6, 6.07) is 5.80. The maximum absolute atomic E-state index is 10.2. The Morgan fingerprint density at radius 3 is 2.79 bits per heavy atom. The predicted octanol–water partition coefficient (Wildman–Crippen LogP) is 2.63. The van der Waals surface area contributed by atoms with E-state index in [1.807, 2.05) is 42.6 Å². The van der Waals surface area contributed by atoms with E-state index < -0.39 is 5.60 Å². The van der Waals surface area contributed by atoms with Crippen LogP contribution in [0.15, 0.2) is 24.4 Å². The molecule has 2 aromatic rings. The van der Waals surface area contributed by atoms with E-state index in [1.165, 1.54) is 0 Å². The van der Waals surface area contributed by atoms with Gasteiger partial charge in [0.25, 0.3) is 0 Å². The van der Waals surface area contributed by atoms with Gasteiger partial charge in [0.15, 0.2) is 5.15 Å². The molecule has 0 aliphatic rings. The van der Waals surface area contributed by atoms with Crippen molar-refractivity contribution in [3.8, 4) is 0 Å². The Morgan fingerprint density at radius 1 is 1.37 bits per heavy atom. The summed E-state index contributed by atoms with van der Waals surface area (Å²) in [6.45, 7) is 5.13. The zero-order valence-corrected chi connectivity index (χ0v) is 12.1. The Morgan fingerprint density at radius 2 is 2.11 bits per heavy atom. The summed E-state index contributed by atoms with van der Waals surface area (Å²) < 4.78 is 1.96. The average Bonchev–Trinajstić information content (AvgIpc) is 2.75. The van der Waals surface area contributed by atoms with Crippen molar-refractivity contribution in [1.82, 2.24) is 14.7 Å². The maximum Gasteiger partial charge on any atom is 0.152 e. The zero-order valence-electron chi connectivity index (χ0n) is 11.4. The summed E-state index contributed by atoms with van der Waals surface area (Å²) >= 11 is 6.15. The molecule has 0 radical (unpaired) electrons. The highest BCUT2D eigenvalue weighted by Gasteiger charge is 2.21. The van der Waals surface area contributed by atoms with E-state index >= 15 is 0 Å². The predicted molar refractivity (Wildman–Crippen MR) is 77.4 cm³/mol. The van der Waals surface area contributed by atoms with Crippen molar-refractivity contribution in [3.63, 3.8) is 0 Å². The van der Waals surface area contributed by atoms with Crippen LogP contribution < -0.4 is 5.32 Å². The van der Waals surface area contributed by atoms with Crippen molar-refractivity contribution in [2.24, 2.45) is 0 Å². The molecule has 2 heterocycles. The fourth-order valence-corrected chi connectivity index (χ4v) is 2.33. The normalized spacial score (nSPS) is 12.2. The topological polar surface area (TPSA) is 49.6 Å². The quantitative estimate of drug-likeness (QED) is 0.856. The minimum absolute atomic E-state index is 0.509. The number of hydrogen-bond donors (Lipinski definition) is 2. The first-order valence-electron chi connectivity index (χ1n) is 6.64. The number of fused-ring (bicyclic) bond motifs is 1. The molecule has 2 rings (SSSR count). The molecule has 0 aliphatic carbocycles. The van der Waals surface area contributed by atoms with Crippen LogP contribution in [0.25, 0.3) is 5.65 Å².